The van der Waals surface area contributed by atoms with Crippen molar-refractivity contribution in [2.75, 3.05) is 5.32 Å². The summed E-state index contributed by atoms with van der Waals surface area (Å²) in [6.07, 6.45) is -0.630. The van der Waals surface area contributed by atoms with Crippen LogP contribution in [0.4, 0.5) is 5.69 Å². The van der Waals surface area contributed by atoms with Crippen LogP contribution < -0.4 is 10.1 Å². The van der Waals surface area contributed by atoms with Crippen molar-refractivity contribution in [2.45, 2.75) is 26.9 Å². The number of aryl methyl sites for hydroxylation is 2. The quantitative estimate of drug-likeness (QED) is 0.850. The third-order valence-electron chi connectivity index (χ3n) is 3.26. The summed E-state index contributed by atoms with van der Waals surface area (Å²) in [6, 6.07) is 10.8. The Kier molecular flexibility index (Phi) is 5.33. The summed E-state index contributed by atoms with van der Waals surface area (Å²) >= 11 is 11.8. The third kappa shape index (κ3) is 3.93. The molecule has 1 atom stereocenters. The lowest BCUT2D eigenvalue weighted by molar-refractivity contribution is -0.122. The van der Waals surface area contributed by atoms with E-state index in [0.29, 0.717) is 15.7 Å². The van der Waals surface area contributed by atoms with Crippen LogP contribution in [0.2, 0.25) is 10.0 Å². The van der Waals surface area contributed by atoms with Gasteiger partial charge in [-0.1, -0.05) is 41.4 Å². The predicted molar refractivity (Wildman–Crippen MR) is 91.1 cm³/mol. The summed E-state index contributed by atoms with van der Waals surface area (Å²) in [5.41, 5.74) is 2.57. The molecule has 0 saturated heterocycles. The lowest BCUT2D eigenvalue weighted by Crippen LogP contribution is -2.30. The van der Waals surface area contributed by atoms with Gasteiger partial charge in [0.05, 0.1) is 10.0 Å². The highest BCUT2D eigenvalue weighted by atomic mass is 35.5. The van der Waals surface area contributed by atoms with Crippen LogP contribution in [0.15, 0.2) is 36.4 Å². The fourth-order valence-electron chi connectivity index (χ4n) is 2.03. The minimum atomic E-state index is -0.630. The number of ether oxygens (including phenoxy) is 1. The van der Waals surface area contributed by atoms with E-state index >= 15 is 0 Å². The van der Waals surface area contributed by atoms with Crippen molar-refractivity contribution in [1.29, 1.82) is 0 Å². The minimum absolute atomic E-state index is 0.249. The topological polar surface area (TPSA) is 38.3 Å². The van der Waals surface area contributed by atoms with Crippen molar-refractivity contribution < 1.29 is 9.53 Å². The van der Waals surface area contributed by atoms with Crippen molar-refractivity contribution >= 4 is 34.8 Å². The van der Waals surface area contributed by atoms with Crippen LogP contribution in [-0.2, 0) is 4.79 Å². The largest absolute Gasteiger partial charge is 0.480 e. The number of hydrogen-bond donors (Lipinski definition) is 1. The van der Waals surface area contributed by atoms with Crippen molar-refractivity contribution in [2.24, 2.45) is 0 Å². The van der Waals surface area contributed by atoms with Crippen LogP contribution in [0.1, 0.15) is 18.1 Å². The molecule has 0 fully saturated rings. The Hall–Kier alpha value is -1.71. The standard InChI is InChI=1S/C17H17Cl2NO2/c1-10-5-4-6-11(2)16(10)22-12(3)17(21)20-13-7-8-14(18)15(19)9-13/h4-9,12H,1-3H3,(H,20,21). The molecule has 0 aliphatic heterocycles. The molecule has 2 aromatic carbocycles. The number of benzene rings is 2. The first-order chi connectivity index (χ1) is 10.4. The average Bonchev–Trinajstić information content (AvgIpc) is 2.46. The molecule has 0 spiro atoms. The van der Waals surface area contributed by atoms with Crippen LogP contribution in [0.5, 0.6) is 5.75 Å². The number of nitrogens with one attached hydrogen (secondary N) is 1. The zero-order valence-electron chi connectivity index (χ0n) is 12.6. The molecule has 0 aliphatic rings. The minimum Gasteiger partial charge on any atom is -0.480 e. The van der Waals surface area contributed by atoms with E-state index in [9.17, 15) is 4.79 Å². The van der Waals surface area contributed by atoms with Gasteiger partial charge in [0, 0.05) is 5.69 Å². The Morgan fingerprint density at radius 2 is 1.73 bits per heavy atom. The highest BCUT2D eigenvalue weighted by molar-refractivity contribution is 6.42. The summed E-state index contributed by atoms with van der Waals surface area (Å²) < 4.78 is 5.79. The van der Waals surface area contributed by atoms with Gasteiger partial charge in [0.2, 0.25) is 0 Å². The Morgan fingerprint density at radius 3 is 2.32 bits per heavy atom. The summed E-state index contributed by atoms with van der Waals surface area (Å²) in [6.45, 7) is 5.61. The first-order valence-electron chi connectivity index (χ1n) is 6.87. The average molecular weight is 338 g/mol. The lowest BCUT2D eigenvalue weighted by Gasteiger charge is -2.18. The van der Waals surface area contributed by atoms with Crippen molar-refractivity contribution in [3.05, 3.63) is 57.6 Å². The van der Waals surface area contributed by atoms with Gasteiger partial charge in [-0.15, -0.1) is 0 Å². The molecule has 0 heterocycles. The highest BCUT2D eigenvalue weighted by Gasteiger charge is 2.17. The number of carbonyl (C=O) groups excluding carboxylic acids is 1. The van der Waals surface area contributed by atoms with Crippen LogP contribution in [0.25, 0.3) is 0 Å². The van der Waals surface area contributed by atoms with Gasteiger partial charge in [0.15, 0.2) is 6.10 Å². The third-order valence-corrected chi connectivity index (χ3v) is 4.00. The van der Waals surface area contributed by atoms with Gasteiger partial charge in [-0.2, -0.15) is 0 Å². The molecule has 0 radical (unpaired) electrons. The Labute approximate surface area is 140 Å². The van der Waals surface area contributed by atoms with Crippen LogP contribution in [-0.4, -0.2) is 12.0 Å². The van der Waals surface area contributed by atoms with E-state index in [0.717, 1.165) is 16.9 Å². The van der Waals surface area contributed by atoms with Gasteiger partial charge in [0.25, 0.3) is 5.91 Å². The Bertz CT molecular complexity index is 681. The molecule has 0 aliphatic carbocycles. The van der Waals surface area contributed by atoms with Crippen LogP contribution in [0.3, 0.4) is 0 Å². The SMILES string of the molecule is Cc1cccc(C)c1OC(C)C(=O)Nc1ccc(Cl)c(Cl)c1. The molecule has 0 aromatic heterocycles. The maximum absolute atomic E-state index is 12.2. The first kappa shape index (κ1) is 16.7. The second kappa shape index (κ2) is 7.03. The summed E-state index contributed by atoms with van der Waals surface area (Å²) in [5.74, 6) is 0.486. The van der Waals surface area contributed by atoms with Gasteiger partial charge in [-0.25, -0.2) is 0 Å². The molecule has 1 N–H and O–H groups in total. The molecule has 1 amide bonds. The van der Waals surface area contributed by atoms with E-state index < -0.39 is 6.10 Å². The molecule has 2 aromatic rings. The van der Waals surface area contributed by atoms with E-state index in [1.165, 1.54) is 0 Å². The van der Waals surface area contributed by atoms with Gasteiger partial charge in [-0.3, -0.25) is 4.79 Å². The van der Waals surface area contributed by atoms with E-state index in [1.54, 1.807) is 25.1 Å². The lowest BCUT2D eigenvalue weighted by atomic mass is 10.1. The van der Waals surface area contributed by atoms with Gasteiger partial charge in [-0.05, 0) is 50.1 Å². The number of hydrogen-bond acceptors (Lipinski definition) is 2. The van der Waals surface area contributed by atoms with Crippen LogP contribution >= 0.6 is 23.2 Å². The Balaban J connectivity index is 2.07. The molecule has 2 rings (SSSR count). The molecular weight excluding hydrogens is 321 g/mol. The number of para-hydroxylation sites is 1. The molecule has 0 bridgehead atoms. The smallest absolute Gasteiger partial charge is 0.265 e. The first-order valence-corrected chi connectivity index (χ1v) is 7.63. The van der Waals surface area contributed by atoms with E-state index in [2.05, 4.69) is 5.32 Å². The Morgan fingerprint density at radius 1 is 1.09 bits per heavy atom. The molecule has 22 heavy (non-hydrogen) atoms. The maximum atomic E-state index is 12.2. The molecule has 116 valence electrons. The fourth-order valence-corrected chi connectivity index (χ4v) is 2.33. The second-order valence-electron chi connectivity index (χ2n) is 5.10. The van der Waals surface area contributed by atoms with Crippen molar-refractivity contribution in [1.82, 2.24) is 0 Å². The van der Waals surface area contributed by atoms with Gasteiger partial charge < -0.3 is 10.1 Å². The zero-order valence-corrected chi connectivity index (χ0v) is 14.1. The van der Waals surface area contributed by atoms with Crippen LogP contribution in [0, 0.1) is 13.8 Å². The molecule has 3 nitrogen and oxygen atoms in total. The number of anilines is 1. The number of halogens is 2. The maximum Gasteiger partial charge on any atom is 0.265 e. The van der Waals surface area contributed by atoms with E-state index in [4.69, 9.17) is 27.9 Å². The number of rotatable bonds is 4. The van der Waals surface area contributed by atoms with Gasteiger partial charge in [0.1, 0.15) is 5.75 Å². The summed E-state index contributed by atoms with van der Waals surface area (Å²) in [7, 11) is 0. The summed E-state index contributed by atoms with van der Waals surface area (Å²) in [5, 5.41) is 3.60. The number of carbonyl (C=O) groups is 1. The molecule has 0 saturated carbocycles. The predicted octanol–water partition coefficient (Wildman–Crippen LogP) is 5.02. The van der Waals surface area contributed by atoms with Crippen molar-refractivity contribution in [3.63, 3.8) is 0 Å². The van der Waals surface area contributed by atoms with E-state index in [-0.39, 0.29) is 5.91 Å². The zero-order chi connectivity index (χ0) is 16.3. The number of amides is 1. The monoisotopic (exact) mass is 337 g/mol. The molecule has 1 unspecified atom stereocenters. The molecule has 5 heteroatoms. The fraction of sp³-hybridized carbons (Fsp3) is 0.235. The summed E-state index contributed by atoms with van der Waals surface area (Å²) in [4.78, 5) is 12.2. The second-order valence-corrected chi connectivity index (χ2v) is 5.91. The van der Waals surface area contributed by atoms with E-state index in [1.807, 2.05) is 32.0 Å². The highest BCUT2D eigenvalue weighted by Crippen LogP contribution is 2.26. The molecular formula is C17H17Cl2NO2. The van der Waals surface area contributed by atoms with Gasteiger partial charge >= 0.3 is 0 Å². The normalized spacial score (nSPS) is 11.9. The van der Waals surface area contributed by atoms with Crippen molar-refractivity contribution in [3.8, 4) is 5.75 Å².